The van der Waals surface area contributed by atoms with Gasteiger partial charge in [0, 0.05) is 30.4 Å². The fraction of sp³-hybridized carbons (Fsp3) is 0.762. The molecule has 5 heteroatoms. The third-order valence-corrected chi connectivity index (χ3v) is 7.12. The van der Waals surface area contributed by atoms with Crippen LogP contribution in [-0.4, -0.2) is 43.7 Å². The summed E-state index contributed by atoms with van der Waals surface area (Å²) in [5.74, 6) is 1.20. The van der Waals surface area contributed by atoms with Crippen molar-refractivity contribution < 1.29 is 9.53 Å². The minimum absolute atomic E-state index is 0.197. The van der Waals surface area contributed by atoms with Crippen molar-refractivity contribution in [2.75, 3.05) is 32.8 Å². The zero-order chi connectivity index (χ0) is 18.6. The van der Waals surface area contributed by atoms with E-state index in [-0.39, 0.29) is 17.9 Å². The highest BCUT2D eigenvalue weighted by Gasteiger charge is 2.33. The summed E-state index contributed by atoms with van der Waals surface area (Å²) in [5, 5.41) is 5.40. The summed E-state index contributed by atoms with van der Waals surface area (Å²) in [6, 6.07) is 4.56. The highest BCUT2D eigenvalue weighted by molar-refractivity contribution is 7.10. The number of hydrogen-bond donors (Lipinski definition) is 1. The van der Waals surface area contributed by atoms with Crippen molar-refractivity contribution in [1.29, 1.82) is 0 Å². The number of nitrogens with one attached hydrogen (secondary N) is 1. The van der Waals surface area contributed by atoms with E-state index in [2.05, 4.69) is 48.5 Å². The van der Waals surface area contributed by atoms with Gasteiger partial charge in [-0.3, -0.25) is 9.69 Å². The molecule has 1 amide bonds. The molecule has 26 heavy (non-hydrogen) atoms. The van der Waals surface area contributed by atoms with E-state index in [1.165, 1.54) is 17.7 Å². The predicted octanol–water partition coefficient (Wildman–Crippen LogP) is 4.09. The Kier molecular flexibility index (Phi) is 6.76. The first kappa shape index (κ1) is 19.8. The second kappa shape index (κ2) is 8.85. The smallest absolute Gasteiger partial charge is 0.223 e. The summed E-state index contributed by atoms with van der Waals surface area (Å²) < 4.78 is 5.50. The Balaban J connectivity index is 1.53. The largest absolute Gasteiger partial charge is 0.379 e. The van der Waals surface area contributed by atoms with Crippen LogP contribution in [0.1, 0.15) is 57.4 Å². The summed E-state index contributed by atoms with van der Waals surface area (Å²) in [4.78, 5) is 16.5. The van der Waals surface area contributed by atoms with E-state index in [0.717, 1.165) is 45.1 Å². The van der Waals surface area contributed by atoms with E-state index >= 15 is 0 Å². The van der Waals surface area contributed by atoms with Gasteiger partial charge in [-0.25, -0.2) is 0 Å². The second-order valence-corrected chi connectivity index (χ2v) is 9.82. The van der Waals surface area contributed by atoms with Crippen LogP contribution in [0.2, 0.25) is 0 Å². The van der Waals surface area contributed by atoms with Crippen molar-refractivity contribution in [2.45, 2.75) is 52.5 Å². The molecular weight excluding hydrogens is 344 g/mol. The third-order valence-electron chi connectivity index (χ3n) is 6.15. The summed E-state index contributed by atoms with van der Waals surface area (Å²) in [5.41, 5.74) is 0.363. The lowest BCUT2D eigenvalue weighted by Crippen LogP contribution is -2.45. The van der Waals surface area contributed by atoms with Crippen LogP contribution >= 0.6 is 11.3 Å². The molecule has 1 aromatic rings. The van der Waals surface area contributed by atoms with Gasteiger partial charge >= 0.3 is 0 Å². The van der Waals surface area contributed by atoms with Gasteiger partial charge < -0.3 is 10.1 Å². The molecule has 0 radical (unpaired) electrons. The van der Waals surface area contributed by atoms with Crippen molar-refractivity contribution in [3.63, 3.8) is 0 Å². The van der Waals surface area contributed by atoms with E-state index in [1.54, 1.807) is 11.3 Å². The molecule has 0 bridgehead atoms. The lowest BCUT2D eigenvalue weighted by molar-refractivity contribution is -0.126. The maximum Gasteiger partial charge on any atom is 0.223 e. The molecule has 2 heterocycles. The van der Waals surface area contributed by atoms with E-state index in [9.17, 15) is 4.79 Å². The van der Waals surface area contributed by atoms with Gasteiger partial charge in [0.05, 0.1) is 19.3 Å². The van der Waals surface area contributed by atoms with Gasteiger partial charge in [-0.05, 0) is 48.5 Å². The van der Waals surface area contributed by atoms with Gasteiger partial charge in [-0.2, -0.15) is 0 Å². The number of thiophene rings is 1. The fourth-order valence-corrected chi connectivity index (χ4v) is 5.20. The Morgan fingerprint density at radius 1 is 1.27 bits per heavy atom. The van der Waals surface area contributed by atoms with Crippen molar-refractivity contribution >= 4 is 17.2 Å². The quantitative estimate of drug-likeness (QED) is 0.839. The zero-order valence-electron chi connectivity index (χ0n) is 16.5. The Labute approximate surface area is 162 Å². The molecule has 146 valence electrons. The predicted molar refractivity (Wildman–Crippen MR) is 107 cm³/mol. The first-order chi connectivity index (χ1) is 12.4. The van der Waals surface area contributed by atoms with Gasteiger partial charge in [0.1, 0.15) is 0 Å². The lowest BCUT2D eigenvalue weighted by Gasteiger charge is -2.37. The Morgan fingerprint density at radius 3 is 2.54 bits per heavy atom. The van der Waals surface area contributed by atoms with Gasteiger partial charge in [-0.1, -0.05) is 26.8 Å². The summed E-state index contributed by atoms with van der Waals surface area (Å²) in [7, 11) is 0. The number of carbonyl (C=O) groups is 1. The van der Waals surface area contributed by atoms with Crippen LogP contribution in [0.5, 0.6) is 0 Å². The summed E-state index contributed by atoms with van der Waals surface area (Å²) in [6.45, 7) is 11.1. The lowest BCUT2D eigenvalue weighted by atomic mass is 9.69. The molecule has 3 rings (SSSR count). The van der Waals surface area contributed by atoms with E-state index in [0.29, 0.717) is 12.0 Å². The first-order valence-electron chi connectivity index (χ1n) is 10.1. The van der Waals surface area contributed by atoms with Crippen molar-refractivity contribution in [3.8, 4) is 0 Å². The molecular formula is C21H34N2O2S. The normalized spacial score (nSPS) is 26.4. The van der Waals surface area contributed by atoms with Gasteiger partial charge in [0.2, 0.25) is 5.91 Å². The monoisotopic (exact) mass is 378 g/mol. The molecule has 2 fully saturated rings. The molecule has 4 nitrogen and oxygen atoms in total. The van der Waals surface area contributed by atoms with Crippen LogP contribution in [0.4, 0.5) is 0 Å². The Bertz CT molecular complexity index is 553. The highest BCUT2D eigenvalue weighted by atomic mass is 32.1. The highest BCUT2D eigenvalue weighted by Crippen LogP contribution is 2.39. The molecule has 1 atom stereocenters. The minimum atomic E-state index is 0.197. The molecule has 1 saturated carbocycles. The fourth-order valence-electron chi connectivity index (χ4n) is 4.34. The van der Waals surface area contributed by atoms with E-state index in [1.807, 2.05) is 0 Å². The number of carbonyl (C=O) groups excluding carboxylic acids is 1. The van der Waals surface area contributed by atoms with Crippen LogP contribution in [0.25, 0.3) is 0 Å². The maximum atomic E-state index is 12.8. The van der Waals surface area contributed by atoms with E-state index in [4.69, 9.17) is 4.74 Å². The van der Waals surface area contributed by atoms with Crippen molar-refractivity contribution in [1.82, 2.24) is 10.2 Å². The summed E-state index contributed by atoms with van der Waals surface area (Å²) >= 11 is 1.78. The topological polar surface area (TPSA) is 41.6 Å². The van der Waals surface area contributed by atoms with E-state index < -0.39 is 0 Å². The molecule has 1 saturated heterocycles. The van der Waals surface area contributed by atoms with Crippen LogP contribution in [0, 0.1) is 17.3 Å². The molecule has 1 aliphatic heterocycles. The average Bonchev–Trinajstić information content (AvgIpc) is 3.16. The second-order valence-electron chi connectivity index (χ2n) is 8.84. The van der Waals surface area contributed by atoms with Gasteiger partial charge in [0.25, 0.3) is 0 Å². The van der Waals surface area contributed by atoms with Crippen LogP contribution in [0.3, 0.4) is 0 Å². The van der Waals surface area contributed by atoms with Crippen molar-refractivity contribution in [2.24, 2.45) is 17.3 Å². The molecule has 0 unspecified atom stereocenters. The standard InChI is InChI=1S/C21H34N2O2S/c1-21(2,3)17-8-6-16(7-9-17)20(24)22-15-18(19-5-4-14-26-19)23-10-12-25-13-11-23/h4-5,14,16-18H,6-13,15H2,1-3H3,(H,22,24)/t16?,17?,18-/m0/s1. The molecule has 0 spiro atoms. The molecule has 0 aromatic carbocycles. The number of hydrogen-bond acceptors (Lipinski definition) is 4. The zero-order valence-corrected chi connectivity index (χ0v) is 17.3. The molecule has 1 aliphatic carbocycles. The first-order valence-corrected chi connectivity index (χ1v) is 11.0. The molecule has 1 aromatic heterocycles. The molecule has 1 N–H and O–H groups in total. The van der Waals surface area contributed by atoms with Crippen LogP contribution < -0.4 is 5.32 Å². The summed E-state index contributed by atoms with van der Waals surface area (Å²) in [6.07, 6.45) is 4.43. The SMILES string of the molecule is CC(C)(C)C1CCC(C(=O)NC[C@@H](c2cccs2)N2CCOCC2)CC1. The van der Waals surface area contributed by atoms with Gasteiger partial charge in [-0.15, -0.1) is 11.3 Å². The number of nitrogens with zero attached hydrogens (tertiary/aromatic N) is 1. The number of morpholine rings is 1. The number of ether oxygens (including phenoxy) is 1. The van der Waals surface area contributed by atoms with Crippen LogP contribution in [0.15, 0.2) is 17.5 Å². The Morgan fingerprint density at radius 2 is 1.96 bits per heavy atom. The van der Waals surface area contributed by atoms with Crippen molar-refractivity contribution in [3.05, 3.63) is 22.4 Å². The average molecular weight is 379 g/mol. The third kappa shape index (κ3) is 5.08. The molecule has 2 aliphatic rings. The minimum Gasteiger partial charge on any atom is -0.379 e. The maximum absolute atomic E-state index is 12.8. The Hall–Kier alpha value is -0.910. The number of amides is 1. The van der Waals surface area contributed by atoms with Crippen LogP contribution in [-0.2, 0) is 9.53 Å². The number of rotatable bonds is 5. The van der Waals surface area contributed by atoms with Gasteiger partial charge in [0.15, 0.2) is 0 Å².